The number of rotatable bonds is 8. The van der Waals surface area contributed by atoms with Gasteiger partial charge in [0.1, 0.15) is 0 Å². The van der Waals surface area contributed by atoms with Crippen LogP contribution in [0.3, 0.4) is 0 Å². The molecule has 1 heterocycles. The van der Waals surface area contributed by atoms with Gasteiger partial charge in [-0.1, -0.05) is 39.5 Å². The zero-order valence-electron chi connectivity index (χ0n) is 10.8. The van der Waals surface area contributed by atoms with E-state index in [1.165, 1.54) is 42.8 Å². The lowest BCUT2D eigenvalue weighted by Crippen LogP contribution is -2.21. The summed E-state index contributed by atoms with van der Waals surface area (Å²) in [4.78, 5) is 4.58. The first-order valence-corrected chi connectivity index (χ1v) is 7.31. The summed E-state index contributed by atoms with van der Waals surface area (Å²) in [6.07, 6.45) is 6.54. The Morgan fingerprint density at radius 1 is 1.31 bits per heavy atom. The number of aryl methyl sites for hydroxylation is 1. The predicted octanol–water partition coefficient (Wildman–Crippen LogP) is 4.07. The van der Waals surface area contributed by atoms with Crippen molar-refractivity contribution in [2.24, 2.45) is 0 Å². The summed E-state index contributed by atoms with van der Waals surface area (Å²) in [5, 5.41) is 6.90. The molecule has 0 aliphatic rings. The standard InChI is InChI=1S/C13H24N2S/c1-4-6-7-8-9-12(14-5-2)13-10-16-11(3)15-13/h10,12,14H,4-9H2,1-3H3. The number of unbranched alkanes of at least 4 members (excludes halogenated alkanes) is 3. The molecule has 1 unspecified atom stereocenters. The fourth-order valence-electron chi connectivity index (χ4n) is 1.92. The lowest BCUT2D eigenvalue weighted by atomic mass is 10.1. The molecule has 0 amide bonds. The molecule has 0 aromatic carbocycles. The molecule has 1 aromatic rings. The van der Waals surface area contributed by atoms with Crippen molar-refractivity contribution in [3.63, 3.8) is 0 Å². The number of aromatic nitrogens is 1. The van der Waals surface area contributed by atoms with E-state index in [-0.39, 0.29) is 0 Å². The second-order valence-corrected chi connectivity index (χ2v) is 5.31. The van der Waals surface area contributed by atoms with Gasteiger partial charge in [0.15, 0.2) is 0 Å². The molecule has 0 saturated carbocycles. The Labute approximate surface area is 103 Å². The van der Waals surface area contributed by atoms with E-state index >= 15 is 0 Å². The van der Waals surface area contributed by atoms with Crippen LogP contribution in [0.5, 0.6) is 0 Å². The maximum absolute atomic E-state index is 4.58. The Hall–Kier alpha value is -0.410. The molecule has 3 heteroatoms. The molecule has 0 spiro atoms. The molecular formula is C13H24N2S. The normalized spacial score (nSPS) is 12.9. The van der Waals surface area contributed by atoms with Gasteiger partial charge < -0.3 is 5.32 Å². The molecule has 0 aliphatic carbocycles. The molecule has 1 aromatic heterocycles. The van der Waals surface area contributed by atoms with Gasteiger partial charge in [-0.25, -0.2) is 4.98 Å². The molecule has 0 saturated heterocycles. The van der Waals surface area contributed by atoms with Gasteiger partial charge in [-0.05, 0) is 19.9 Å². The SMILES string of the molecule is CCCCCCC(NCC)c1csc(C)n1. The second kappa shape index (κ2) is 7.80. The van der Waals surface area contributed by atoms with E-state index in [0.717, 1.165) is 6.54 Å². The van der Waals surface area contributed by atoms with Crippen LogP contribution < -0.4 is 5.32 Å². The van der Waals surface area contributed by atoms with Crippen LogP contribution in [0, 0.1) is 6.92 Å². The van der Waals surface area contributed by atoms with Gasteiger partial charge in [0.05, 0.1) is 16.7 Å². The van der Waals surface area contributed by atoms with E-state index < -0.39 is 0 Å². The van der Waals surface area contributed by atoms with E-state index in [0.29, 0.717) is 6.04 Å². The van der Waals surface area contributed by atoms with Crippen LogP contribution in [-0.2, 0) is 0 Å². The van der Waals surface area contributed by atoms with Crippen molar-refractivity contribution in [1.82, 2.24) is 10.3 Å². The Balaban J connectivity index is 2.41. The summed E-state index contributed by atoms with van der Waals surface area (Å²) < 4.78 is 0. The quantitative estimate of drug-likeness (QED) is 0.693. The topological polar surface area (TPSA) is 24.9 Å². The van der Waals surface area contributed by atoms with Crippen LogP contribution in [0.2, 0.25) is 0 Å². The number of nitrogens with zero attached hydrogens (tertiary/aromatic N) is 1. The molecule has 0 radical (unpaired) electrons. The fourth-order valence-corrected chi connectivity index (χ4v) is 2.58. The smallest absolute Gasteiger partial charge is 0.0898 e. The van der Waals surface area contributed by atoms with Crippen LogP contribution in [0.25, 0.3) is 0 Å². The highest BCUT2D eigenvalue weighted by molar-refractivity contribution is 7.09. The second-order valence-electron chi connectivity index (χ2n) is 4.25. The highest BCUT2D eigenvalue weighted by Crippen LogP contribution is 2.21. The first kappa shape index (κ1) is 13.7. The maximum Gasteiger partial charge on any atom is 0.0898 e. The Morgan fingerprint density at radius 2 is 2.12 bits per heavy atom. The molecule has 0 fully saturated rings. The molecule has 0 aliphatic heterocycles. The lowest BCUT2D eigenvalue weighted by molar-refractivity contribution is 0.474. The van der Waals surface area contributed by atoms with Crippen molar-refractivity contribution >= 4 is 11.3 Å². The molecule has 92 valence electrons. The third-order valence-corrected chi connectivity index (χ3v) is 3.58. The minimum absolute atomic E-state index is 0.465. The number of hydrogen-bond acceptors (Lipinski definition) is 3. The third-order valence-electron chi connectivity index (χ3n) is 2.79. The van der Waals surface area contributed by atoms with Gasteiger partial charge in [0, 0.05) is 5.38 Å². The van der Waals surface area contributed by atoms with Crippen LogP contribution in [0.1, 0.15) is 62.7 Å². The van der Waals surface area contributed by atoms with Crippen molar-refractivity contribution in [2.75, 3.05) is 6.54 Å². The molecule has 16 heavy (non-hydrogen) atoms. The van der Waals surface area contributed by atoms with Crippen LogP contribution in [0.15, 0.2) is 5.38 Å². The molecule has 1 atom stereocenters. The number of nitrogens with one attached hydrogen (secondary N) is 1. The van der Waals surface area contributed by atoms with E-state index in [1.807, 2.05) is 0 Å². The van der Waals surface area contributed by atoms with E-state index in [2.05, 4.69) is 36.5 Å². The highest BCUT2D eigenvalue weighted by atomic mass is 32.1. The van der Waals surface area contributed by atoms with Gasteiger partial charge in [-0.15, -0.1) is 11.3 Å². The summed E-state index contributed by atoms with van der Waals surface area (Å²) in [7, 11) is 0. The van der Waals surface area contributed by atoms with Crippen molar-refractivity contribution in [2.45, 2.75) is 58.9 Å². The van der Waals surface area contributed by atoms with Crippen LogP contribution >= 0.6 is 11.3 Å². The fraction of sp³-hybridized carbons (Fsp3) is 0.769. The van der Waals surface area contributed by atoms with Crippen molar-refractivity contribution < 1.29 is 0 Å². The van der Waals surface area contributed by atoms with Gasteiger partial charge >= 0.3 is 0 Å². The number of hydrogen-bond donors (Lipinski definition) is 1. The highest BCUT2D eigenvalue weighted by Gasteiger charge is 2.12. The van der Waals surface area contributed by atoms with Gasteiger partial charge in [-0.3, -0.25) is 0 Å². The first-order chi connectivity index (χ1) is 7.77. The van der Waals surface area contributed by atoms with Crippen molar-refractivity contribution in [1.29, 1.82) is 0 Å². The van der Waals surface area contributed by atoms with Gasteiger partial charge in [0.2, 0.25) is 0 Å². The molecule has 1 N–H and O–H groups in total. The van der Waals surface area contributed by atoms with Gasteiger partial charge in [-0.2, -0.15) is 0 Å². The zero-order valence-corrected chi connectivity index (χ0v) is 11.6. The molecular weight excluding hydrogens is 216 g/mol. The molecule has 1 rings (SSSR count). The summed E-state index contributed by atoms with van der Waals surface area (Å²) in [5.41, 5.74) is 1.24. The van der Waals surface area contributed by atoms with Crippen LogP contribution in [-0.4, -0.2) is 11.5 Å². The molecule has 0 bridgehead atoms. The van der Waals surface area contributed by atoms with Crippen molar-refractivity contribution in [3.8, 4) is 0 Å². The van der Waals surface area contributed by atoms with E-state index in [9.17, 15) is 0 Å². The Kier molecular flexibility index (Phi) is 6.65. The largest absolute Gasteiger partial charge is 0.309 e. The first-order valence-electron chi connectivity index (χ1n) is 6.43. The van der Waals surface area contributed by atoms with E-state index in [4.69, 9.17) is 0 Å². The molecule has 2 nitrogen and oxygen atoms in total. The predicted molar refractivity (Wildman–Crippen MR) is 72.0 cm³/mol. The van der Waals surface area contributed by atoms with Crippen LogP contribution in [0.4, 0.5) is 0 Å². The summed E-state index contributed by atoms with van der Waals surface area (Å²) in [6.45, 7) is 7.52. The summed E-state index contributed by atoms with van der Waals surface area (Å²) in [5.74, 6) is 0. The average Bonchev–Trinajstić information content (AvgIpc) is 2.69. The third kappa shape index (κ3) is 4.62. The van der Waals surface area contributed by atoms with E-state index in [1.54, 1.807) is 11.3 Å². The monoisotopic (exact) mass is 240 g/mol. The summed E-state index contributed by atoms with van der Waals surface area (Å²) in [6, 6.07) is 0.465. The number of thiazole rings is 1. The van der Waals surface area contributed by atoms with Crippen molar-refractivity contribution in [3.05, 3.63) is 16.1 Å². The Morgan fingerprint density at radius 3 is 2.69 bits per heavy atom. The summed E-state index contributed by atoms with van der Waals surface area (Å²) >= 11 is 1.75. The minimum Gasteiger partial charge on any atom is -0.309 e. The zero-order chi connectivity index (χ0) is 11.8. The average molecular weight is 240 g/mol. The van der Waals surface area contributed by atoms with Gasteiger partial charge in [0.25, 0.3) is 0 Å². The lowest BCUT2D eigenvalue weighted by Gasteiger charge is -2.15. The Bertz CT molecular complexity index is 283. The maximum atomic E-state index is 4.58. The minimum atomic E-state index is 0.465.